The number of aliphatic carboxylic acids is 1. The molecule has 1 fully saturated rings. The van der Waals surface area contributed by atoms with Crippen molar-refractivity contribution in [1.29, 1.82) is 0 Å². The number of hydrogen-bond acceptors (Lipinski definition) is 3. The van der Waals surface area contributed by atoms with Crippen molar-refractivity contribution < 1.29 is 19.5 Å². The highest BCUT2D eigenvalue weighted by molar-refractivity contribution is 5.84. The number of carbonyl (C=O) groups is 3. The molecule has 0 bridgehead atoms. The van der Waals surface area contributed by atoms with Crippen LogP contribution in [0.3, 0.4) is 0 Å². The van der Waals surface area contributed by atoms with Gasteiger partial charge in [0, 0.05) is 13.1 Å². The number of nitrogens with zero attached hydrogens (tertiary/aromatic N) is 1. The fraction of sp³-hybridized carbons (Fsp3) is 0.750. The monoisotopic (exact) mass is 271 g/mol. The van der Waals surface area contributed by atoms with Crippen LogP contribution in [0.15, 0.2) is 0 Å². The minimum Gasteiger partial charge on any atom is -0.480 e. The Labute approximate surface area is 112 Å². The van der Waals surface area contributed by atoms with Crippen LogP contribution in [-0.4, -0.2) is 47.0 Å². The van der Waals surface area contributed by atoms with Crippen LogP contribution in [0.2, 0.25) is 0 Å². The summed E-state index contributed by atoms with van der Waals surface area (Å²) in [6, 6.07) is -1.31. The molecule has 0 saturated carbocycles. The Morgan fingerprint density at radius 1 is 1.47 bits per heavy atom. The van der Waals surface area contributed by atoms with E-state index in [1.807, 2.05) is 6.92 Å². The zero-order valence-corrected chi connectivity index (χ0v) is 11.1. The van der Waals surface area contributed by atoms with Gasteiger partial charge in [-0.25, -0.2) is 9.59 Å². The summed E-state index contributed by atoms with van der Waals surface area (Å²) in [5.74, 6) is -1.78. The van der Waals surface area contributed by atoms with Gasteiger partial charge in [0.25, 0.3) is 0 Å². The van der Waals surface area contributed by atoms with Gasteiger partial charge in [-0.15, -0.1) is 0 Å². The minimum absolute atomic E-state index is 0.265. The van der Waals surface area contributed by atoms with Crippen molar-refractivity contribution in [2.24, 2.45) is 11.7 Å². The number of urea groups is 1. The number of likely N-dealkylation sites (tertiary alicyclic amines) is 1. The largest absolute Gasteiger partial charge is 0.480 e. The molecule has 108 valence electrons. The third-order valence-electron chi connectivity index (χ3n) is 3.32. The number of nitrogens with one attached hydrogen (secondary N) is 1. The van der Waals surface area contributed by atoms with E-state index in [-0.39, 0.29) is 12.5 Å². The molecule has 1 aliphatic heterocycles. The summed E-state index contributed by atoms with van der Waals surface area (Å²) in [6.07, 6.45) is 2.55. The van der Waals surface area contributed by atoms with E-state index in [1.165, 1.54) is 4.90 Å². The lowest BCUT2D eigenvalue weighted by molar-refractivity contribution is -0.139. The van der Waals surface area contributed by atoms with Gasteiger partial charge in [0.05, 0.1) is 5.92 Å². The van der Waals surface area contributed by atoms with Gasteiger partial charge in [0.15, 0.2) is 0 Å². The maximum atomic E-state index is 11.9. The van der Waals surface area contributed by atoms with Gasteiger partial charge in [-0.3, -0.25) is 4.79 Å². The third-order valence-corrected chi connectivity index (χ3v) is 3.32. The van der Waals surface area contributed by atoms with Crippen LogP contribution in [-0.2, 0) is 9.59 Å². The van der Waals surface area contributed by atoms with Crippen molar-refractivity contribution in [3.8, 4) is 0 Å². The van der Waals surface area contributed by atoms with Gasteiger partial charge < -0.3 is 21.1 Å². The molecule has 7 heteroatoms. The third kappa shape index (κ3) is 4.42. The molecule has 2 atom stereocenters. The quantitative estimate of drug-likeness (QED) is 0.638. The molecule has 0 radical (unpaired) electrons. The second-order valence-electron chi connectivity index (χ2n) is 4.82. The standard InChI is InChI=1S/C12H21N3O4/c1-2-3-4-9(11(17)18)14-12(19)15-6-5-8(7-15)10(13)16/h8-9H,2-7H2,1H3,(H2,13,16)(H,14,19)(H,17,18)/t8?,9-/m0/s1. The highest BCUT2D eigenvalue weighted by Gasteiger charge is 2.31. The Kier molecular flexibility index (Phi) is 5.59. The van der Waals surface area contributed by atoms with E-state index in [1.54, 1.807) is 0 Å². The Morgan fingerprint density at radius 2 is 2.16 bits per heavy atom. The molecule has 0 aromatic heterocycles. The van der Waals surface area contributed by atoms with Crippen molar-refractivity contribution in [3.63, 3.8) is 0 Å². The SMILES string of the molecule is CCCC[C@H](NC(=O)N1CCC(C(N)=O)C1)C(=O)O. The summed E-state index contributed by atoms with van der Waals surface area (Å²) in [5.41, 5.74) is 5.18. The molecule has 1 saturated heterocycles. The van der Waals surface area contributed by atoms with E-state index in [4.69, 9.17) is 10.8 Å². The molecule has 19 heavy (non-hydrogen) atoms. The zero-order valence-electron chi connectivity index (χ0n) is 11.1. The van der Waals surface area contributed by atoms with Gasteiger partial charge >= 0.3 is 12.0 Å². The molecule has 0 aliphatic carbocycles. The number of carbonyl (C=O) groups excluding carboxylic acids is 2. The molecule has 0 spiro atoms. The summed E-state index contributed by atoms with van der Waals surface area (Å²) >= 11 is 0. The Bertz CT molecular complexity index is 359. The Hall–Kier alpha value is -1.79. The molecular formula is C12H21N3O4. The first-order valence-corrected chi connectivity index (χ1v) is 6.53. The number of carboxylic acids is 1. The van der Waals surface area contributed by atoms with E-state index in [0.29, 0.717) is 19.4 Å². The molecule has 1 rings (SSSR count). The minimum atomic E-state index is -1.03. The number of unbranched alkanes of at least 4 members (excludes halogenated alkanes) is 1. The first kappa shape index (κ1) is 15.3. The van der Waals surface area contributed by atoms with Crippen LogP contribution >= 0.6 is 0 Å². The van der Waals surface area contributed by atoms with Crippen molar-refractivity contribution in [2.45, 2.75) is 38.6 Å². The molecule has 1 heterocycles. The van der Waals surface area contributed by atoms with Gasteiger partial charge in [-0.2, -0.15) is 0 Å². The van der Waals surface area contributed by atoms with E-state index in [0.717, 1.165) is 12.8 Å². The maximum absolute atomic E-state index is 11.9. The highest BCUT2D eigenvalue weighted by atomic mass is 16.4. The summed E-state index contributed by atoms with van der Waals surface area (Å²) in [7, 11) is 0. The van der Waals surface area contributed by atoms with E-state index in [9.17, 15) is 14.4 Å². The normalized spacial score (nSPS) is 20.1. The van der Waals surface area contributed by atoms with Crippen LogP contribution in [0.4, 0.5) is 4.79 Å². The van der Waals surface area contributed by atoms with Crippen molar-refractivity contribution in [3.05, 3.63) is 0 Å². The van der Waals surface area contributed by atoms with Crippen molar-refractivity contribution in [1.82, 2.24) is 10.2 Å². The summed E-state index contributed by atoms with van der Waals surface area (Å²) in [5, 5.41) is 11.5. The van der Waals surface area contributed by atoms with Crippen molar-refractivity contribution in [2.75, 3.05) is 13.1 Å². The summed E-state index contributed by atoms with van der Waals surface area (Å²) in [4.78, 5) is 35.4. The lowest BCUT2D eigenvalue weighted by atomic mass is 10.1. The molecular weight excluding hydrogens is 250 g/mol. The average molecular weight is 271 g/mol. The van der Waals surface area contributed by atoms with Gasteiger partial charge in [0.1, 0.15) is 6.04 Å². The molecule has 3 amide bonds. The van der Waals surface area contributed by atoms with Crippen LogP contribution in [0, 0.1) is 5.92 Å². The zero-order chi connectivity index (χ0) is 14.4. The average Bonchev–Trinajstić information content (AvgIpc) is 2.83. The fourth-order valence-electron chi connectivity index (χ4n) is 2.08. The molecule has 7 nitrogen and oxygen atoms in total. The predicted molar refractivity (Wildman–Crippen MR) is 68.4 cm³/mol. The Morgan fingerprint density at radius 3 is 2.63 bits per heavy atom. The topological polar surface area (TPSA) is 113 Å². The van der Waals surface area contributed by atoms with Crippen LogP contribution < -0.4 is 11.1 Å². The maximum Gasteiger partial charge on any atom is 0.326 e. The molecule has 4 N–H and O–H groups in total. The predicted octanol–water partition coefficient (Wildman–Crippen LogP) is 0.147. The number of primary amides is 1. The number of hydrogen-bond donors (Lipinski definition) is 3. The van der Waals surface area contributed by atoms with Gasteiger partial charge in [0.2, 0.25) is 5.91 Å². The second kappa shape index (κ2) is 6.96. The number of nitrogens with two attached hydrogens (primary N) is 1. The second-order valence-corrected chi connectivity index (χ2v) is 4.82. The van der Waals surface area contributed by atoms with Gasteiger partial charge in [-0.05, 0) is 12.8 Å². The van der Waals surface area contributed by atoms with E-state index in [2.05, 4.69) is 5.32 Å². The fourth-order valence-corrected chi connectivity index (χ4v) is 2.08. The number of amides is 3. The smallest absolute Gasteiger partial charge is 0.326 e. The first-order chi connectivity index (χ1) is 8.95. The first-order valence-electron chi connectivity index (χ1n) is 6.53. The highest BCUT2D eigenvalue weighted by Crippen LogP contribution is 2.15. The molecule has 1 aliphatic rings. The van der Waals surface area contributed by atoms with Crippen molar-refractivity contribution >= 4 is 17.9 Å². The Balaban J connectivity index is 2.49. The molecule has 1 unspecified atom stereocenters. The summed E-state index contributed by atoms with van der Waals surface area (Å²) in [6.45, 7) is 2.65. The lowest BCUT2D eigenvalue weighted by Gasteiger charge is -2.20. The molecule has 0 aromatic rings. The lowest BCUT2D eigenvalue weighted by Crippen LogP contribution is -2.47. The van der Waals surface area contributed by atoms with E-state index >= 15 is 0 Å². The summed E-state index contributed by atoms with van der Waals surface area (Å²) < 4.78 is 0. The van der Waals surface area contributed by atoms with Crippen LogP contribution in [0.1, 0.15) is 32.6 Å². The number of carboxylic acid groups (broad SMARTS) is 1. The number of rotatable bonds is 6. The molecule has 0 aromatic carbocycles. The van der Waals surface area contributed by atoms with Crippen LogP contribution in [0.5, 0.6) is 0 Å². The van der Waals surface area contributed by atoms with Gasteiger partial charge in [-0.1, -0.05) is 19.8 Å². The van der Waals surface area contributed by atoms with Crippen LogP contribution in [0.25, 0.3) is 0 Å². The van der Waals surface area contributed by atoms with E-state index < -0.39 is 23.9 Å².